The lowest BCUT2D eigenvalue weighted by atomic mass is 9.97. The van der Waals surface area contributed by atoms with Crippen LogP contribution in [0.1, 0.15) is 24.0 Å². The second kappa shape index (κ2) is 11.2. The summed E-state index contributed by atoms with van der Waals surface area (Å²) in [6, 6.07) is 14.7. The fraction of sp³-hybridized carbons (Fsp3) is 0.292. The van der Waals surface area contributed by atoms with Gasteiger partial charge in [-0.2, -0.15) is 5.10 Å². The van der Waals surface area contributed by atoms with Crippen molar-refractivity contribution in [3.63, 3.8) is 0 Å². The molecule has 3 aromatic rings. The van der Waals surface area contributed by atoms with Crippen LogP contribution in [-0.4, -0.2) is 38.8 Å². The van der Waals surface area contributed by atoms with E-state index in [-0.39, 0.29) is 28.6 Å². The van der Waals surface area contributed by atoms with Crippen LogP contribution >= 0.6 is 12.2 Å². The van der Waals surface area contributed by atoms with E-state index in [2.05, 4.69) is 26.2 Å². The van der Waals surface area contributed by atoms with Gasteiger partial charge in [0.05, 0.1) is 12.5 Å². The Hall–Kier alpha value is -3.37. The maximum atomic E-state index is 13.8. The number of nitrogens with one attached hydrogen (secondary N) is 3. The summed E-state index contributed by atoms with van der Waals surface area (Å²) in [5.74, 6) is -0.382. The summed E-state index contributed by atoms with van der Waals surface area (Å²) in [6.07, 6.45) is 3.41. The molecule has 1 unspecified atom stereocenters. The predicted molar refractivity (Wildman–Crippen MR) is 130 cm³/mol. The fourth-order valence-electron chi connectivity index (χ4n) is 3.95. The molecule has 4 rings (SSSR count). The van der Waals surface area contributed by atoms with Crippen molar-refractivity contribution in [2.24, 2.45) is 5.92 Å². The van der Waals surface area contributed by atoms with Gasteiger partial charge in [-0.1, -0.05) is 30.3 Å². The Labute approximate surface area is 202 Å². The Morgan fingerprint density at radius 3 is 2.65 bits per heavy atom. The van der Waals surface area contributed by atoms with Crippen LogP contribution in [0, 0.1) is 17.6 Å². The van der Waals surface area contributed by atoms with Gasteiger partial charge in [0.2, 0.25) is 5.91 Å². The number of carbonyl (C=O) groups excluding carboxylic acids is 1. The highest BCUT2D eigenvalue weighted by atomic mass is 32.1. The minimum atomic E-state index is -0.286. The van der Waals surface area contributed by atoms with Crippen LogP contribution < -0.4 is 16.2 Å². The molecule has 0 radical (unpaired) electrons. The van der Waals surface area contributed by atoms with Crippen LogP contribution in [0.2, 0.25) is 0 Å². The fourth-order valence-corrected chi connectivity index (χ4v) is 4.10. The summed E-state index contributed by atoms with van der Waals surface area (Å²) in [5, 5.41) is 7.43. The number of hydrogen-bond donors (Lipinski definition) is 3. The topological polar surface area (TPSA) is 74.2 Å². The number of anilines is 1. The number of aromatic nitrogens is 2. The lowest BCUT2D eigenvalue weighted by Crippen LogP contribution is -2.49. The molecule has 34 heavy (non-hydrogen) atoms. The molecular weight excluding hydrogens is 458 g/mol. The monoisotopic (exact) mass is 484 g/mol. The maximum Gasteiger partial charge on any atom is 0.242 e. The van der Waals surface area contributed by atoms with Gasteiger partial charge in [-0.3, -0.25) is 25.2 Å². The van der Waals surface area contributed by atoms with Crippen molar-refractivity contribution in [3.8, 4) is 0 Å². The van der Waals surface area contributed by atoms with E-state index in [0.29, 0.717) is 31.0 Å². The van der Waals surface area contributed by atoms with Crippen LogP contribution in [0.25, 0.3) is 0 Å². The molecule has 2 heterocycles. The molecule has 1 amide bonds. The number of halogens is 2. The summed E-state index contributed by atoms with van der Waals surface area (Å²) in [6.45, 7) is 2.48. The summed E-state index contributed by atoms with van der Waals surface area (Å²) in [7, 11) is 0. The number of hydrogen-bond acceptors (Lipinski definition) is 4. The maximum absolute atomic E-state index is 13.8. The Morgan fingerprint density at radius 2 is 1.85 bits per heavy atom. The standard InChI is InChI=1S/C24H26F2N6OS/c25-20-9-7-17(8-10-20)14-31-12-3-5-19(15-31)23(33)28-29-24(34)27-22-11-13-32(30-22)16-18-4-1-2-6-21(18)26/h1-2,4,6-11,13,19H,3,5,12,14-16H2,(H,28,33)(H2,27,29,30,34). The predicted octanol–water partition coefficient (Wildman–Crippen LogP) is 3.44. The molecule has 0 saturated carbocycles. The number of rotatable bonds is 6. The second-order valence-corrected chi connectivity index (χ2v) is 8.67. The number of likely N-dealkylation sites (tertiary alicyclic amines) is 1. The van der Waals surface area contributed by atoms with Crippen molar-refractivity contribution in [2.75, 3.05) is 18.4 Å². The number of amides is 1. The Morgan fingerprint density at radius 1 is 1.06 bits per heavy atom. The highest BCUT2D eigenvalue weighted by Crippen LogP contribution is 2.19. The first kappa shape index (κ1) is 23.8. The smallest absolute Gasteiger partial charge is 0.242 e. The molecule has 1 fully saturated rings. The Balaban J connectivity index is 1.22. The average molecular weight is 485 g/mol. The number of thiocarbonyl (C=S) groups is 1. The highest BCUT2D eigenvalue weighted by Gasteiger charge is 2.26. The normalized spacial score (nSPS) is 16.1. The molecule has 178 valence electrons. The zero-order valence-corrected chi connectivity index (χ0v) is 19.3. The van der Waals surface area contributed by atoms with Crippen LogP contribution in [0.4, 0.5) is 14.6 Å². The van der Waals surface area contributed by atoms with E-state index in [1.54, 1.807) is 47.3 Å². The Kier molecular flexibility index (Phi) is 7.81. The molecule has 1 atom stereocenters. The first-order valence-electron chi connectivity index (χ1n) is 11.1. The molecule has 1 aliphatic heterocycles. The average Bonchev–Trinajstić information content (AvgIpc) is 3.27. The van der Waals surface area contributed by atoms with Crippen molar-refractivity contribution in [1.29, 1.82) is 0 Å². The van der Waals surface area contributed by atoms with Crippen LogP contribution in [0.15, 0.2) is 60.8 Å². The quantitative estimate of drug-likeness (QED) is 0.368. The van der Waals surface area contributed by atoms with Gasteiger partial charge in [0.15, 0.2) is 10.9 Å². The second-order valence-electron chi connectivity index (χ2n) is 8.26. The first-order chi connectivity index (χ1) is 16.5. The van der Waals surface area contributed by atoms with E-state index in [1.807, 2.05) is 0 Å². The minimum absolute atomic E-state index is 0.141. The van der Waals surface area contributed by atoms with Gasteiger partial charge in [-0.05, 0) is 55.4 Å². The van der Waals surface area contributed by atoms with Gasteiger partial charge in [0, 0.05) is 30.9 Å². The van der Waals surface area contributed by atoms with E-state index in [9.17, 15) is 13.6 Å². The summed E-state index contributed by atoms with van der Waals surface area (Å²) in [5.41, 5.74) is 6.93. The van der Waals surface area contributed by atoms with E-state index in [0.717, 1.165) is 24.9 Å². The SMILES string of the molecule is O=C(NNC(=S)Nc1ccn(Cc2ccccc2F)n1)C1CCCN(Cc2ccc(F)cc2)C1. The largest absolute Gasteiger partial charge is 0.315 e. The third-order valence-corrected chi connectivity index (χ3v) is 5.87. The summed E-state index contributed by atoms with van der Waals surface area (Å²) >= 11 is 5.25. The van der Waals surface area contributed by atoms with Gasteiger partial charge in [0.1, 0.15) is 11.6 Å². The molecule has 1 aliphatic rings. The molecule has 10 heteroatoms. The van der Waals surface area contributed by atoms with Crippen molar-refractivity contribution in [3.05, 3.63) is 83.6 Å². The van der Waals surface area contributed by atoms with Crippen molar-refractivity contribution in [2.45, 2.75) is 25.9 Å². The molecule has 7 nitrogen and oxygen atoms in total. The van der Waals surface area contributed by atoms with E-state index >= 15 is 0 Å². The van der Waals surface area contributed by atoms with E-state index in [1.165, 1.54) is 18.2 Å². The molecule has 0 bridgehead atoms. The van der Waals surface area contributed by atoms with Crippen molar-refractivity contribution >= 4 is 29.1 Å². The van der Waals surface area contributed by atoms with Gasteiger partial charge >= 0.3 is 0 Å². The number of nitrogens with zero attached hydrogens (tertiary/aromatic N) is 3. The van der Waals surface area contributed by atoms with Crippen molar-refractivity contribution < 1.29 is 13.6 Å². The first-order valence-corrected chi connectivity index (χ1v) is 11.5. The number of benzene rings is 2. The van der Waals surface area contributed by atoms with Crippen LogP contribution in [-0.2, 0) is 17.9 Å². The molecule has 2 aromatic carbocycles. The molecule has 0 aliphatic carbocycles. The van der Waals surface area contributed by atoms with Gasteiger partial charge in [0.25, 0.3) is 0 Å². The summed E-state index contributed by atoms with van der Waals surface area (Å²) < 4.78 is 28.5. The van der Waals surface area contributed by atoms with Crippen molar-refractivity contribution in [1.82, 2.24) is 25.5 Å². The van der Waals surface area contributed by atoms with Gasteiger partial charge < -0.3 is 5.32 Å². The molecular formula is C24H26F2N6OS. The molecule has 1 saturated heterocycles. The van der Waals surface area contributed by atoms with Crippen LogP contribution in [0.3, 0.4) is 0 Å². The summed E-state index contributed by atoms with van der Waals surface area (Å²) in [4.78, 5) is 14.8. The van der Waals surface area contributed by atoms with E-state index < -0.39 is 0 Å². The lowest BCUT2D eigenvalue weighted by Gasteiger charge is -2.32. The molecule has 0 spiro atoms. The van der Waals surface area contributed by atoms with Gasteiger partial charge in [-0.25, -0.2) is 8.78 Å². The number of hydrazine groups is 1. The Bertz CT molecular complexity index is 1140. The van der Waals surface area contributed by atoms with Gasteiger partial charge in [-0.15, -0.1) is 0 Å². The van der Waals surface area contributed by atoms with E-state index in [4.69, 9.17) is 12.2 Å². The zero-order valence-electron chi connectivity index (χ0n) is 18.5. The highest BCUT2D eigenvalue weighted by molar-refractivity contribution is 7.80. The third kappa shape index (κ3) is 6.58. The number of carbonyl (C=O) groups is 1. The van der Waals surface area contributed by atoms with Crippen LogP contribution in [0.5, 0.6) is 0 Å². The molecule has 3 N–H and O–H groups in total. The lowest BCUT2D eigenvalue weighted by molar-refractivity contribution is -0.127. The number of piperidine rings is 1. The molecule has 1 aromatic heterocycles. The zero-order chi connectivity index (χ0) is 23.9. The third-order valence-electron chi connectivity index (χ3n) is 5.67. The minimum Gasteiger partial charge on any atom is -0.315 e.